The lowest BCUT2D eigenvalue weighted by Crippen LogP contribution is -2.46. The minimum atomic E-state index is -4.35. The van der Waals surface area contributed by atoms with Crippen molar-refractivity contribution in [3.8, 4) is 17.6 Å². The first-order chi connectivity index (χ1) is 18.3. The number of benzene rings is 2. The molecule has 39 heavy (non-hydrogen) atoms. The van der Waals surface area contributed by atoms with Crippen LogP contribution in [-0.2, 0) is 11.0 Å². The van der Waals surface area contributed by atoms with Crippen molar-refractivity contribution >= 4 is 45.2 Å². The average Bonchev–Trinajstić information content (AvgIpc) is 3.17. The number of hydrogen-bond donors (Lipinski definition) is 3. The molecule has 2 heterocycles. The maximum Gasteiger partial charge on any atom is 0.393 e. The van der Waals surface area contributed by atoms with Gasteiger partial charge in [0.05, 0.1) is 41.0 Å². The normalized spacial score (nSPS) is 19.8. The lowest BCUT2D eigenvalue weighted by molar-refractivity contribution is -0.126. The second-order valence-corrected chi connectivity index (χ2v) is 14.8. The summed E-state index contributed by atoms with van der Waals surface area (Å²) in [6.45, 7) is 7.89. The molecule has 4 rings (SSSR count). The highest BCUT2D eigenvalue weighted by Crippen LogP contribution is 2.40. The number of fused-ring (bicyclic) bond motifs is 1. The van der Waals surface area contributed by atoms with E-state index in [0.717, 1.165) is 23.2 Å². The Morgan fingerprint density at radius 2 is 1.85 bits per heavy atom. The summed E-state index contributed by atoms with van der Waals surface area (Å²) in [6.07, 6.45) is -3.49. The molecule has 210 valence electrons. The minimum Gasteiger partial charge on any atom is -0.495 e. The van der Waals surface area contributed by atoms with E-state index in [2.05, 4.69) is 41.6 Å². The number of nitrogens with one attached hydrogen (secondary N) is 3. The largest absolute Gasteiger partial charge is 0.495 e. The van der Waals surface area contributed by atoms with Crippen LogP contribution in [0.5, 0.6) is 5.75 Å². The van der Waals surface area contributed by atoms with Gasteiger partial charge in [-0.25, -0.2) is 0 Å². The van der Waals surface area contributed by atoms with Gasteiger partial charge in [0.2, 0.25) is 0 Å². The van der Waals surface area contributed by atoms with Crippen LogP contribution in [0.4, 0.5) is 24.5 Å². The highest BCUT2D eigenvalue weighted by atomic mass is 32.1. The van der Waals surface area contributed by atoms with Crippen molar-refractivity contribution in [2.75, 3.05) is 37.6 Å². The van der Waals surface area contributed by atoms with Crippen molar-refractivity contribution in [3.05, 3.63) is 46.8 Å². The quantitative estimate of drug-likeness (QED) is 0.216. The molecule has 0 bridgehead atoms. The van der Waals surface area contributed by atoms with Crippen LogP contribution < -0.4 is 26.0 Å². The molecule has 0 saturated carbocycles. The molecule has 2 atom stereocenters. The van der Waals surface area contributed by atoms with E-state index in [1.165, 1.54) is 18.4 Å². The molecule has 2 aromatic carbocycles. The minimum absolute atomic E-state index is 0.210. The molecular weight excluding hydrogens is 542 g/mol. The van der Waals surface area contributed by atoms with E-state index in [9.17, 15) is 17.7 Å². The van der Waals surface area contributed by atoms with Gasteiger partial charge in [-0.1, -0.05) is 24.0 Å². The van der Waals surface area contributed by atoms with Crippen molar-refractivity contribution in [3.63, 3.8) is 0 Å². The molecule has 0 aliphatic carbocycles. The molecule has 0 radical (unpaired) electrons. The van der Waals surface area contributed by atoms with Crippen molar-refractivity contribution in [2.24, 2.45) is 0 Å². The zero-order valence-corrected chi connectivity index (χ0v) is 24.5. The molecule has 0 amide bonds. The van der Waals surface area contributed by atoms with Crippen LogP contribution in [0.2, 0.25) is 0 Å². The Morgan fingerprint density at radius 1 is 1.13 bits per heavy atom. The molecule has 10 heteroatoms. The van der Waals surface area contributed by atoms with Crippen molar-refractivity contribution in [1.29, 1.82) is 0 Å². The van der Waals surface area contributed by atoms with Crippen molar-refractivity contribution in [1.82, 2.24) is 5.32 Å². The third-order valence-electron chi connectivity index (χ3n) is 6.78. The fourth-order valence-corrected chi connectivity index (χ4v) is 7.13. The van der Waals surface area contributed by atoms with Gasteiger partial charge in [0, 0.05) is 23.4 Å². The Morgan fingerprint density at radius 3 is 2.49 bits per heavy atom. The topological polar surface area (TPSA) is 62.4 Å². The first kappa shape index (κ1) is 29.3. The lowest BCUT2D eigenvalue weighted by atomic mass is 9.95. The molecule has 2 unspecified atom stereocenters. The van der Waals surface area contributed by atoms with E-state index in [4.69, 9.17) is 4.74 Å². The Balaban J connectivity index is 1.60. The van der Waals surface area contributed by atoms with Crippen LogP contribution in [0.1, 0.15) is 37.1 Å². The smallest absolute Gasteiger partial charge is 0.393 e. The highest BCUT2D eigenvalue weighted by Gasteiger charge is 2.31. The molecule has 1 aromatic heterocycles. The SMILES string of the molecule is COc1cc(P(C)(C)=O)ccc1NCC#Cc1sc2c(NC3CC(C)NC(C)C3)cccc2c1CC(F)(F)F. The zero-order chi connectivity index (χ0) is 28.4. The number of ether oxygens (including phenoxy) is 1. The summed E-state index contributed by atoms with van der Waals surface area (Å²) in [5, 5.41) is 11.6. The second kappa shape index (κ2) is 11.8. The Labute approximate surface area is 232 Å². The molecule has 5 nitrogen and oxygen atoms in total. The van der Waals surface area contributed by atoms with Gasteiger partial charge in [-0.2, -0.15) is 13.2 Å². The van der Waals surface area contributed by atoms with Gasteiger partial charge in [-0.05, 0) is 75.2 Å². The van der Waals surface area contributed by atoms with Gasteiger partial charge in [0.25, 0.3) is 0 Å². The van der Waals surface area contributed by atoms with Gasteiger partial charge >= 0.3 is 6.18 Å². The fourth-order valence-electron chi connectivity index (χ4n) is 5.10. The highest BCUT2D eigenvalue weighted by molar-refractivity contribution is 7.70. The van der Waals surface area contributed by atoms with E-state index in [0.29, 0.717) is 39.1 Å². The van der Waals surface area contributed by atoms with Crippen LogP contribution in [0.3, 0.4) is 0 Å². The maximum atomic E-state index is 13.6. The molecule has 1 aliphatic rings. The van der Waals surface area contributed by atoms with Gasteiger partial charge in [0.15, 0.2) is 0 Å². The second-order valence-electron chi connectivity index (χ2n) is 10.6. The molecule has 1 saturated heterocycles. The van der Waals surface area contributed by atoms with Gasteiger partial charge < -0.3 is 25.3 Å². The Hall–Kier alpha value is -2.66. The summed E-state index contributed by atoms with van der Waals surface area (Å²) in [7, 11) is -0.913. The van der Waals surface area contributed by atoms with Crippen molar-refractivity contribution < 1.29 is 22.5 Å². The summed E-state index contributed by atoms with van der Waals surface area (Å²) >= 11 is 1.30. The molecular formula is C29H35F3N3O2PS. The number of piperidine rings is 1. The Bertz CT molecular complexity index is 1430. The van der Waals surface area contributed by atoms with Crippen LogP contribution in [-0.4, -0.2) is 51.3 Å². The third-order valence-corrected chi connectivity index (χ3v) is 9.49. The molecule has 0 spiro atoms. The third kappa shape index (κ3) is 7.51. The van der Waals surface area contributed by atoms with Crippen LogP contribution in [0.25, 0.3) is 10.1 Å². The van der Waals surface area contributed by atoms with Gasteiger partial charge in [-0.15, -0.1) is 11.3 Å². The monoisotopic (exact) mass is 577 g/mol. The Kier molecular flexibility index (Phi) is 8.90. The van der Waals surface area contributed by atoms with Crippen molar-refractivity contribution in [2.45, 2.75) is 57.4 Å². The van der Waals surface area contributed by atoms with Crippen LogP contribution >= 0.6 is 18.5 Å². The van der Waals surface area contributed by atoms with E-state index in [1.807, 2.05) is 12.1 Å². The number of hydrogen-bond acceptors (Lipinski definition) is 6. The van der Waals surface area contributed by atoms with E-state index < -0.39 is 19.7 Å². The fraction of sp³-hybridized carbons (Fsp3) is 0.448. The lowest BCUT2D eigenvalue weighted by Gasteiger charge is -2.34. The predicted molar refractivity (Wildman–Crippen MR) is 158 cm³/mol. The first-order valence-electron chi connectivity index (χ1n) is 12.9. The zero-order valence-electron chi connectivity index (χ0n) is 22.8. The standard InChI is InChI=1S/C29H35F3N3O2PS/c1-18-14-20(15-19(2)34-18)35-25-9-6-8-22-23(17-29(30,31)32)27(39-28(22)25)10-7-13-33-24-12-11-21(38(4,5)36)16-26(24)37-3/h6,8-9,11-12,16,18-20,33-35H,13-15,17H2,1-5H3. The summed E-state index contributed by atoms with van der Waals surface area (Å²) in [6, 6.07) is 11.8. The maximum absolute atomic E-state index is 13.6. The first-order valence-corrected chi connectivity index (χ1v) is 16.4. The molecule has 1 aliphatic heterocycles. The summed E-state index contributed by atoms with van der Waals surface area (Å²) in [5.41, 5.74) is 1.74. The number of anilines is 2. The molecule has 3 aromatic rings. The predicted octanol–water partition coefficient (Wildman–Crippen LogP) is 6.67. The van der Waals surface area contributed by atoms with E-state index in [-0.39, 0.29) is 18.2 Å². The summed E-state index contributed by atoms with van der Waals surface area (Å²) in [4.78, 5) is 0.422. The molecule has 3 N–H and O–H groups in total. The summed E-state index contributed by atoms with van der Waals surface area (Å²) in [5.74, 6) is 6.52. The average molecular weight is 578 g/mol. The van der Waals surface area contributed by atoms with Gasteiger partial charge in [-0.3, -0.25) is 0 Å². The van der Waals surface area contributed by atoms with E-state index >= 15 is 0 Å². The number of methoxy groups -OCH3 is 1. The summed E-state index contributed by atoms with van der Waals surface area (Å²) < 4.78 is 59.4. The number of alkyl halides is 3. The van der Waals surface area contributed by atoms with Crippen LogP contribution in [0, 0.1) is 11.8 Å². The van der Waals surface area contributed by atoms with Gasteiger partial charge in [0.1, 0.15) is 12.9 Å². The number of halogens is 3. The number of thiophene rings is 1. The van der Waals surface area contributed by atoms with E-state index in [1.54, 1.807) is 37.6 Å². The molecule has 1 fully saturated rings. The number of rotatable bonds is 7. The van der Waals surface area contributed by atoms with Crippen LogP contribution in [0.15, 0.2) is 36.4 Å².